The third-order valence-corrected chi connectivity index (χ3v) is 4.29. The number of hydrogen-bond acceptors (Lipinski definition) is 2. The van der Waals surface area contributed by atoms with Crippen molar-refractivity contribution in [2.75, 3.05) is 13.1 Å². The zero-order valence-corrected chi connectivity index (χ0v) is 11.1. The summed E-state index contributed by atoms with van der Waals surface area (Å²) in [5.41, 5.74) is 0.410. The van der Waals surface area contributed by atoms with E-state index in [9.17, 15) is 9.90 Å². The SMILES string of the molecule is CC1(C)CCCC(CC(=O)N2CC[C@@H](O)C2)C1. The maximum Gasteiger partial charge on any atom is 0.222 e. The number of hydrogen-bond donors (Lipinski definition) is 1. The van der Waals surface area contributed by atoms with E-state index in [4.69, 9.17) is 0 Å². The lowest BCUT2D eigenvalue weighted by Crippen LogP contribution is -2.33. The standard InChI is InChI=1S/C14H25NO2/c1-14(2)6-3-4-11(9-14)8-13(17)15-7-5-12(16)10-15/h11-12,16H,3-10H2,1-2H3/t11?,12-/m1/s1. The van der Waals surface area contributed by atoms with E-state index in [2.05, 4.69) is 13.8 Å². The van der Waals surface area contributed by atoms with Gasteiger partial charge in [-0.05, 0) is 37.0 Å². The largest absolute Gasteiger partial charge is 0.391 e. The molecule has 3 nitrogen and oxygen atoms in total. The lowest BCUT2D eigenvalue weighted by atomic mass is 9.71. The Balaban J connectivity index is 1.82. The van der Waals surface area contributed by atoms with E-state index in [-0.39, 0.29) is 12.0 Å². The van der Waals surface area contributed by atoms with Crippen LogP contribution in [0.3, 0.4) is 0 Å². The fraction of sp³-hybridized carbons (Fsp3) is 0.929. The third-order valence-electron chi connectivity index (χ3n) is 4.29. The Labute approximate surface area is 104 Å². The zero-order chi connectivity index (χ0) is 12.5. The third kappa shape index (κ3) is 3.44. The number of likely N-dealkylation sites (tertiary alicyclic amines) is 1. The first-order valence-corrected chi connectivity index (χ1v) is 6.92. The van der Waals surface area contributed by atoms with E-state index >= 15 is 0 Å². The maximum atomic E-state index is 12.1. The molecule has 1 saturated carbocycles. The minimum Gasteiger partial charge on any atom is -0.391 e. The van der Waals surface area contributed by atoms with Crippen molar-refractivity contribution >= 4 is 5.91 Å². The molecule has 0 aromatic rings. The van der Waals surface area contributed by atoms with Gasteiger partial charge in [-0.25, -0.2) is 0 Å². The van der Waals surface area contributed by atoms with Crippen molar-refractivity contribution in [3.63, 3.8) is 0 Å². The number of aliphatic hydroxyl groups is 1. The van der Waals surface area contributed by atoms with Gasteiger partial charge in [0.25, 0.3) is 0 Å². The molecule has 1 N–H and O–H groups in total. The van der Waals surface area contributed by atoms with Gasteiger partial charge in [-0.1, -0.05) is 20.3 Å². The van der Waals surface area contributed by atoms with Gasteiger partial charge in [-0.3, -0.25) is 4.79 Å². The quantitative estimate of drug-likeness (QED) is 0.802. The van der Waals surface area contributed by atoms with Crippen LogP contribution >= 0.6 is 0 Å². The molecule has 1 saturated heterocycles. The second-order valence-corrected chi connectivity index (χ2v) is 6.61. The van der Waals surface area contributed by atoms with Crippen molar-refractivity contribution in [1.82, 2.24) is 4.90 Å². The van der Waals surface area contributed by atoms with E-state index in [1.807, 2.05) is 4.90 Å². The summed E-state index contributed by atoms with van der Waals surface area (Å²) in [7, 11) is 0. The Kier molecular flexibility index (Phi) is 3.76. The van der Waals surface area contributed by atoms with Crippen LogP contribution in [0.15, 0.2) is 0 Å². The zero-order valence-electron chi connectivity index (χ0n) is 11.1. The number of rotatable bonds is 2. The monoisotopic (exact) mass is 239 g/mol. The molecule has 0 aromatic carbocycles. The Morgan fingerprint density at radius 2 is 2.18 bits per heavy atom. The predicted octanol–water partition coefficient (Wildman–Crippen LogP) is 2.19. The molecule has 1 heterocycles. The van der Waals surface area contributed by atoms with Gasteiger partial charge in [0, 0.05) is 19.5 Å². The van der Waals surface area contributed by atoms with Crippen molar-refractivity contribution in [2.24, 2.45) is 11.3 Å². The van der Waals surface area contributed by atoms with Crippen LogP contribution in [0, 0.1) is 11.3 Å². The second kappa shape index (κ2) is 4.97. The number of carbonyl (C=O) groups is 1. The molecule has 0 aromatic heterocycles. The molecule has 98 valence electrons. The van der Waals surface area contributed by atoms with Crippen molar-refractivity contribution in [3.8, 4) is 0 Å². The lowest BCUT2D eigenvalue weighted by Gasteiger charge is -2.35. The Morgan fingerprint density at radius 3 is 2.76 bits per heavy atom. The lowest BCUT2D eigenvalue weighted by molar-refractivity contribution is -0.132. The molecule has 3 heteroatoms. The van der Waals surface area contributed by atoms with Crippen molar-refractivity contribution in [1.29, 1.82) is 0 Å². The molecular weight excluding hydrogens is 214 g/mol. The summed E-state index contributed by atoms with van der Waals surface area (Å²) in [5.74, 6) is 0.813. The Morgan fingerprint density at radius 1 is 1.41 bits per heavy atom. The normalized spacial score (nSPS) is 32.8. The minimum atomic E-state index is -0.290. The fourth-order valence-corrected chi connectivity index (χ4v) is 3.37. The molecule has 1 aliphatic carbocycles. The van der Waals surface area contributed by atoms with Gasteiger partial charge in [0.1, 0.15) is 0 Å². The number of amides is 1. The predicted molar refractivity (Wildman–Crippen MR) is 67.6 cm³/mol. The first kappa shape index (κ1) is 12.9. The Bertz CT molecular complexity index is 288. The molecule has 1 amide bonds. The molecule has 1 unspecified atom stereocenters. The van der Waals surface area contributed by atoms with Crippen LogP contribution in [-0.2, 0) is 4.79 Å². The first-order chi connectivity index (χ1) is 7.96. The molecule has 0 bridgehead atoms. The summed E-state index contributed by atoms with van der Waals surface area (Å²) in [6.07, 6.45) is 6.08. The smallest absolute Gasteiger partial charge is 0.222 e. The van der Waals surface area contributed by atoms with Crippen LogP contribution in [0.2, 0.25) is 0 Å². The van der Waals surface area contributed by atoms with Gasteiger partial charge < -0.3 is 10.0 Å². The summed E-state index contributed by atoms with van der Waals surface area (Å²) in [6.45, 7) is 5.91. The van der Waals surface area contributed by atoms with Gasteiger partial charge in [0.05, 0.1) is 6.10 Å². The summed E-state index contributed by atoms with van der Waals surface area (Å²) < 4.78 is 0. The van der Waals surface area contributed by atoms with Crippen LogP contribution in [0.1, 0.15) is 52.4 Å². The highest BCUT2D eigenvalue weighted by molar-refractivity contribution is 5.76. The number of β-amino-alcohol motifs (C(OH)–C–C–N with tert-alkyl or cyclic N) is 1. The molecule has 0 spiro atoms. The second-order valence-electron chi connectivity index (χ2n) is 6.61. The van der Waals surface area contributed by atoms with Gasteiger partial charge in [0.2, 0.25) is 5.91 Å². The van der Waals surface area contributed by atoms with Crippen LogP contribution in [0.4, 0.5) is 0 Å². The van der Waals surface area contributed by atoms with E-state index in [1.54, 1.807) is 0 Å². The molecular formula is C14H25NO2. The maximum absolute atomic E-state index is 12.1. The molecule has 2 atom stereocenters. The van der Waals surface area contributed by atoms with Gasteiger partial charge in [0.15, 0.2) is 0 Å². The summed E-state index contributed by atoms with van der Waals surface area (Å²) >= 11 is 0. The van der Waals surface area contributed by atoms with E-state index in [1.165, 1.54) is 25.7 Å². The molecule has 2 aliphatic rings. The number of carbonyl (C=O) groups excluding carboxylic acids is 1. The molecule has 1 aliphatic heterocycles. The van der Waals surface area contributed by atoms with E-state index in [0.717, 1.165) is 13.0 Å². The highest BCUT2D eigenvalue weighted by Crippen LogP contribution is 2.40. The highest BCUT2D eigenvalue weighted by Gasteiger charge is 2.31. The number of nitrogens with zero attached hydrogens (tertiary/aromatic N) is 1. The molecule has 0 radical (unpaired) electrons. The summed E-state index contributed by atoms with van der Waals surface area (Å²) in [4.78, 5) is 13.9. The topological polar surface area (TPSA) is 40.5 Å². The van der Waals surface area contributed by atoms with Crippen molar-refractivity contribution in [2.45, 2.75) is 58.5 Å². The fourth-order valence-electron chi connectivity index (χ4n) is 3.37. The van der Waals surface area contributed by atoms with Crippen LogP contribution < -0.4 is 0 Å². The van der Waals surface area contributed by atoms with E-state index < -0.39 is 0 Å². The molecule has 17 heavy (non-hydrogen) atoms. The summed E-state index contributed by atoms with van der Waals surface area (Å²) in [6, 6.07) is 0. The summed E-state index contributed by atoms with van der Waals surface area (Å²) in [5, 5.41) is 9.44. The first-order valence-electron chi connectivity index (χ1n) is 6.92. The minimum absolute atomic E-state index is 0.254. The van der Waals surface area contributed by atoms with Gasteiger partial charge in [-0.15, -0.1) is 0 Å². The van der Waals surface area contributed by atoms with Crippen LogP contribution in [-0.4, -0.2) is 35.1 Å². The van der Waals surface area contributed by atoms with Gasteiger partial charge in [-0.2, -0.15) is 0 Å². The average molecular weight is 239 g/mol. The number of aliphatic hydroxyl groups excluding tert-OH is 1. The van der Waals surface area contributed by atoms with Gasteiger partial charge >= 0.3 is 0 Å². The van der Waals surface area contributed by atoms with Crippen molar-refractivity contribution < 1.29 is 9.90 Å². The van der Waals surface area contributed by atoms with Crippen LogP contribution in [0.25, 0.3) is 0 Å². The molecule has 2 fully saturated rings. The van der Waals surface area contributed by atoms with Crippen LogP contribution in [0.5, 0.6) is 0 Å². The molecule has 2 rings (SSSR count). The van der Waals surface area contributed by atoms with E-state index in [0.29, 0.717) is 24.3 Å². The highest BCUT2D eigenvalue weighted by atomic mass is 16.3. The average Bonchev–Trinajstić information content (AvgIpc) is 2.63. The Hall–Kier alpha value is -0.570. The van der Waals surface area contributed by atoms with Crippen molar-refractivity contribution in [3.05, 3.63) is 0 Å².